The predicted octanol–water partition coefficient (Wildman–Crippen LogP) is 6.07. The molecule has 1 nitrogen and oxygen atoms in total. The van der Waals surface area contributed by atoms with Crippen molar-refractivity contribution in [3.05, 3.63) is 29.8 Å². The molecule has 0 amide bonds. The number of hydrogen-bond acceptors (Lipinski definition) is 1. The minimum Gasteiger partial charge on any atom is -0.371 e. The van der Waals surface area contributed by atoms with Gasteiger partial charge in [0.15, 0.2) is 0 Å². The summed E-state index contributed by atoms with van der Waals surface area (Å²) in [7, 11) is 2.27. The molecule has 1 aliphatic rings. The second-order valence-electron chi connectivity index (χ2n) is 8.25. The molecule has 2 rings (SSSR count). The van der Waals surface area contributed by atoms with Gasteiger partial charge in [0.2, 0.25) is 0 Å². The van der Waals surface area contributed by atoms with E-state index in [2.05, 4.69) is 63.9 Å². The fourth-order valence-corrected chi connectivity index (χ4v) is 4.37. The third-order valence-electron chi connectivity index (χ3n) is 5.45. The molecule has 0 aliphatic carbocycles. The van der Waals surface area contributed by atoms with Crippen LogP contribution in [0.3, 0.4) is 0 Å². The topological polar surface area (TPSA) is 3.24 Å². The average Bonchev–Trinajstić information content (AvgIpc) is 2.75. The van der Waals surface area contributed by atoms with Gasteiger partial charge in [0.25, 0.3) is 0 Å². The summed E-state index contributed by atoms with van der Waals surface area (Å²) in [4.78, 5) is 2.50. The fourth-order valence-electron chi connectivity index (χ4n) is 4.37. The van der Waals surface area contributed by atoms with Crippen molar-refractivity contribution in [3.63, 3.8) is 0 Å². The molecule has 124 valence electrons. The van der Waals surface area contributed by atoms with Crippen LogP contribution in [0.2, 0.25) is 0 Å². The number of nitrogens with zero attached hydrogens (tertiary/aromatic N) is 1. The molecular weight excluding hydrogens is 266 g/mol. The maximum atomic E-state index is 2.50. The van der Waals surface area contributed by atoms with Gasteiger partial charge < -0.3 is 4.90 Å². The van der Waals surface area contributed by atoms with Crippen LogP contribution >= 0.6 is 0 Å². The minimum atomic E-state index is 0.499. The first-order valence-corrected chi connectivity index (χ1v) is 9.23. The van der Waals surface area contributed by atoms with Crippen LogP contribution in [-0.4, -0.2) is 13.1 Å². The van der Waals surface area contributed by atoms with E-state index in [0.29, 0.717) is 11.5 Å². The smallest absolute Gasteiger partial charge is 0.0399 e. The Labute approximate surface area is 138 Å². The van der Waals surface area contributed by atoms with Gasteiger partial charge >= 0.3 is 0 Å². The Morgan fingerprint density at radius 3 is 2.68 bits per heavy atom. The summed E-state index contributed by atoms with van der Waals surface area (Å²) < 4.78 is 0. The van der Waals surface area contributed by atoms with Crippen LogP contribution < -0.4 is 4.90 Å². The van der Waals surface area contributed by atoms with Gasteiger partial charge in [-0.2, -0.15) is 0 Å². The maximum absolute atomic E-state index is 2.50. The predicted molar refractivity (Wildman–Crippen MR) is 98.7 cm³/mol. The second kappa shape index (κ2) is 7.53. The van der Waals surface area contributed by atoms with Gasteiger partial charge in [0.1, 0.15) is 0 Å². The molecule has 0 N–H and O–H groups in total. The molecule has 2 atom stereocenters. The van der Waals surface area contributed by atoms with E-state index < -0.39 is 0 Å². The monoisotopic (exact) mass is 301 g/mol. The highest BCUT2D eigenvalue weighted by Crippen LogP contribution is 2.36. The van der Waals surface area contributed by atoms with Crippen molar-refractivity contribution < 1.29 is 0 Å². The van der Waals surface area contributed by atoms with Gasteiger partial charge in [-0.1, -0.05) is 65.2 Å². The Hall–Kier alpha value is -0.980. The number of benzene rings is 1. The van der Waals surface area contributed by atoms with Crippen LogP contribution in [0.25, 0.3) is 0 Å². The van der Waals surface area contributed by atoms with E-state index in [1.54, 1.807) is 0 Å². The SMILES string of the molecule is CCC[C@H](C)CC(C)(C)CCC[C@@H]1Cc2ccccc2N1C. The first-order valence-electron chi connectivity index (χ1n) is 9.23. The lowest BCUT2D eigenvalue weighted by molar-refractivity contribution is 0.239. The van der Waals surface area contributed by atoms with Gasteiger partial charge in [-0.25, -0.2) is 0 Å². The fraction of sp³-hybridized carbons (Fsp3) is 0.714. The summed E-state index contributed by atoms with van der Waals surface area (Å²) in [6, 6.07) is 9.61. The van der Waals surface area contributed by atoms with Gasteiger partial charge in [-0.05, 0) is 48.6 Å². The number of likely N-dealkylation sites (N-methyl/N-ethyl adjacent to an activating group) is 1. The standard InChI is InChI=1S/C21H35N/c1-6-10-17(2)16-21(3,4)14-9-12-19-15-18-11-7-8-13-20(18)22(19)5/h7-8,11,13,17,19H,6,9-10,12,14-16H2,1-5H3/t17-,19+/m0/s1. The summed E-state index contributed by atoms with van der Waals surface area (Å²) in [6.07, 6.45) is 9.36. The third-order valence-corrected chi connectivity index (χ3v) is 5.45. The molecular formula is C21H35N. The van der Waals surface area contributed by atoms with E-state index >= 15 is 0 Å². The van der Waals surface area contributed by atoms with Gasteiger partial charge in [0.05, 0.1) is 0 Å². The number of anilines is 1. The van der Waals surface area contributed by atoms with E-state index in [9.17, 15) is 0 Å². The number of para-hydroxylation sites is 1. The summed E-state index contributed by atoms with van der Waals surface area (Å²) in [6.45, 7) is 9.66. The molecule has 0 aromatic heterocycles. The second-order valence-corrected chi connectivity index (χ2v) is 8.25. The Balaban J connectivity index is 1.77. The van der Waals surface area contributed by atoms with Crippen LogP contribution in [0, 0.1) is 11.3 Å². The highest BCUT2D eigenvalue weighted by molar-refractivity contribution is 5.58. The van der Waals surface area contributed by atoms with Crippen molar-refractivity contribution in [2.24, 2.45) is 11.3 Å². The van der Waals surface area contributed by atoms with Crippen LogP contribution in [0.15, 0.2) is 24.3 Å². The van der Waals surface area contributed by atoms with Crippen LogP contribution in [0.5, 0.6) is 0 Å². The number of fused-ring (bicyclic) bond motifs is 1. The molecule has 22 heavy (non-hydrogen) atoms. The zero-order valence-electron chi connectivity index (χ0n) is 15.4. The molecule has 1 aromatic carbocycles. The molecule has 0 saturated heterocycles. The third kappa shape index (κ3) is 4.51. The molecule has 0 spiro atoms. The van der Waals surface area contributed by atoms with E-state index in [1.807, 2.05) is 0 Å². The summed E-state index contributed by atoms with van der Waals surface area (Å²) in [5.41, 5.74) is 3.48. The zero-order chi connectivity index (χ0) is 16.2. The summed E-state index contributed by atoms with van der Waals surface area (Å²) >= 11 is 0. The van der Waals surface area contributed by atoms with Gasteiger partial charge in [-0.3, -0.25) is 0 Å². The summed E-state index contributed by atoms with van der Waals surface area (Å²) in [5, 5.41) is 0. The van der Waals surface area contributed by atoms with Gasteiger partial charge in [-0.15, -0.1) is 0 Å². The Bertz CT molecular complexity index is 463. The van der Waals surface area contributed by atoms with E-state index in [-0.39, 0.29) is 0 Å². The first-order chi connectivity index (χ1) is 10.4. The van der Waals surface area contributed by atoms with Crippen molar-refractivity contribution in [3.8, 4) is 0 Å². The number of hydrogen-bond donors (Lipinski definition) is 0. The van der Waals surface area contributed by atoms with Gasteiger partial charge in [0, 0.05) is 18.8 Å². The highest BCUT2D eigenvalue weighted by atomic mass is 15.2. The highest BCUT2D eigenvalue weighted by Gasteiger charge is 2.27. The normalized spacial score (nSPS) is 19.3. The van der Waals surface area contributed by atoms with E-state index in [0.717, 1.165) is 5.92 Å². The van der Waals surface area contributed by atoms with Crippen LogP contribution in [-0.2, 0) is 6.42 Å². The van der Waals surface area contributed by atoms with E-state index in [1.165, 1.54) is 56.2 Å². The quantitative estimate of drug-likeness (QED) is 0.563. The molecule has 1 aliphatic heterocycles. The lowest BCUT2D eigenvalue weighted by Crippen LogP contribution is -2.28. The van der Waals surface area contributed by atoms with Crippen molar-refractivity contribution >= 4 is 5.69 Å². The number of rotatable bonds is 8. The molecule has 1 aromatic rings. The minimum absolute atomic E-state index is 0.499. The van der Waals surface area contributed by atoms with Crippen molar-refractivity contribution in [2.45, 2.75) is 78.7 Å². The molecule has 0 bridgehead atoms. The van der Waals surface area contributed by atoms with Crippen molar-refractivity contribution in [1.82, 2.24) is 0 Å². The Morgan fingerprint density at radius 1 is 1.27 bits per heavy atom. The van der Waals surface area contributed by atoms with Crippen LogP contribution in [0.1, 0.15) is 71.8 Å². The maximum Gasteiger partial charge on any atom is 0.0399 e. The van der Waals surface area contributed by atoms with Crippen LogP contribution in [0.4, 0.5) is 5.69 Å². The Kier molecular flexibility index (Phi) is 5.94. The van der Waals surface area contributed by atoms with Crippen molar-refractivity contribution in [1.29, 1.82) is 0 Å². The van der Waals surface area contributed by atoms with E-state index in [4.69, 9.17) is 0 Å². The molecule has 0 unspecified atom stereocenters. The Morgan fingerprint density at radius 2 is 2.00 bits per heavy atom. The first kappa shape index (κ1) is 17.4. The molecule has 0 fully saturated rings. The lowest BCUT2D eigenvalue weighted by Gasteiger charge is -2.29. The zero-order valence-corrected chi connectivity index (χ0v) is 15.4. The molecule has 1 heteroatoms. The average molecular weight is 302 g/mol. The summed E-state index contributed by atoms with van der Waals surface area (Å²) in [5.74, 6) is 0.874. The lowest BCUT2D eigenvalue weighted by atomic mass is 9.78. The largest absolute Gasteiger partial charge is 0.371 e. The molecule has 0 saturated carbocycles. The van der Waals surface area contributed by atoms with Crippen molar-refractivity contribution in [2.75, 3.05) is 11.9 Å². The molecule has 0 radical (unpaired) electrons. The molecule has 1 heterocycles.